The molecular formula is C30H59N2+. The van der Waals surface area contributed by atoms with Gasteiger partial charge in [-0.1, -0.05) is 129 Å². The summed E-state index contributed by atoms with van der Waals surface area (Å²) in [5.41, 5.74) is 0. The molecule has 0 aliphatic carbocycles. The maximum absolute atomic E-state index is 2.55. The summed E-state index contributed by atoms with van der Waals surface area (Å²) in [6.45, 7) is 9.21. The molecule has 188 valence electrons. The van der Waals surface area contributed by atoms with Gasteiger partial charge in [0.15, 0.2) is 0 Å². The molecule has 1 aromatic heterocycles. The van der Waals surface area contributed by atoms with Crippen molar-refractivity contribution in [1.29, 1.82) is 0 Å². The van der Waals surface area contributed by atoms with Crippen LogP contribution in [-0.2, 0) is 19.5 Å². The van der Waals surface area contributed by atoms with Crippen LogP contribution in [0.4, 0.5) is 0 Å². The van der Waals surface area contributed by atoms with Crippen molar-refractivity contribution in [3.05, 3.63) is 18.2 Å². The third-order valence-corrected chi connectivity index (χ3v) is 7.19. The van der Waals surface area contributed by atoms with E-state index in [2.05, 4.69) is 42.3 Å². The Bertz CT molecular complexity index is 505. The summed E-state index contributed by atoms with van der Waals surface area (Å²) >= 11 is 0. The quantitative estimate of drug-likeness (QED) is 0.110. The zero-order chi connectivity index (χ0) is 23.1. The molecule has 0 bridgehead atoms. The summed E-state index contributed by atoms with van der Waals surface area (Å²) < 4.78 is 5.02. The van der Waals surface area contributed by atoms with Crippen LogP contribution in [0.2, 0.25) is 0 Å². The number of unbranched alkanes of at least 4 members (excludes halogenated alkanes) is 19. The Morgan fingerprint density at radius 2 is 0.938 bits per heavy atom. The monoisotopic (exact) mass is 447 g/mol. The van der Waals surface area contributed by atoms with Crippen molar-refractivity contribution in [3.8, 4) is 0 Å². The molecular weight excluding hydrogens is 388 g/mol. The van der Waals surface area contributed by atoms with Gasteiger partial charge in [0.2, 0.25) is 0 Å². The number of aryl methyl sites for hydroxylation is 2. The number of hydrogen-bond acceptors (Lipinski definition) is 0. The van der Waals surface area contributed by atoms with Gasteiger partial charge in [-0.2, -0.15) is 0 Å². The average Bonchev–Trinajstić information content (AvgIpc) is 3.20. The van der Waals surface area contributed by atoms with E-state index in [0.717, 1.165) is 6.54 Å². The minimum Gasteiger partial charge on any atom is -0.235 e. The summed E-state index contributed by atoms with van der Waals surface area (Å²) in [6.07, 6.45) is 35.9. The molecule has 0 aliphatic rings. The molecule has 1 aromatic rings. The highest BCUT2D eigenvalue weighted by molar-refractivity contribution is 4.83. The maximum Gasteiger partial charge on any atom is 0.256 e. The summed E-state index contributed by atoms with van der Waals surface area (Å²) in [6, 6.07) is 0. The van der Waals surface area contributed by atoms with Crippen LogP contribution in [0.5, 0.6) is 0 Å². The van der Waals surface area contributed by atoms with Gasteiger partial charge in [0.1, 0.15) is 12.4 Å². The molecule has 0 N–H and O–H groups in total. The van der Waals surface area contributed by atoms with Gasteiger partial charge in [-0.15, -0.1) is 0 Å². The van der Waals surface area contributed by atoms with Crippen LogP contribution in [0.15, 0.2) is 12.4 Å². The van der Waals surface area contributed by atoms with Crippen molar-refractivity contribution in [2.24, 2.45) is 0 Å². The van der Waals surface area contributed by atoms with Crippen molar-refractivity contribution < 1.29 is 4.57 Å². The van der Waals surface area contributed by atoms with Crippen LogP contribution in [-0.4, -0.2) is 4.57 Å². The van der Waals surface area contributed by atoms with Crippen LogP contribution in [0.25, 0.3) is 0 Å². The lowest BCUT2D eigenvalue weighted by Crippen LogP contribution is -2.37. The van der Waals surface area contributed by atoms with E-state index < -0.39 is 0 Å². The molecule has 0 spiro atoms. The van der Waals surface area contributed by atoms with Gasteiger partial charge in [0.25, 0.3) is 5.82 Å². The molecule has 0 atom stereocenters. The van der Waals surface area contributed by atoms with E-state index >= 15 is 0 Å². The van der Waals surface area contributed by atoms with Crippen molar-refractivity contribution in [2.75, 3.05) is 0 Å². The number of aromatic nitrogens is 2. The molecule has 1 rings (SSSR count). The Labute approximate surface area is 202 Å². The molecule has 0 fully saturated rings. The van der Waals surface area contributed by atoms with E-state index in [4.69, 9.17) is 0 Å². The third-order valence-electron chi connectivity index (χ3n) is 7.19. The van der Waals surface area contributed by atoms with Gasteiger partial charge in [0.05, 0.1) is 13.1 Å². The fourth-order valence-electron chi connectivity index (χ4n) is 4.99. The molecule has 2 nitrogen and oxygen atoms in total. The van der Waals surface area contributed by atoms with Crippen LogP contribution in [0.1, 0.15) is 161 Å². The standard InChI is InChI=1S/C30H59N2/c1-4-7-9-11-13-14-15-16-17-18-19-20-21-23-25-27-32-29-28-31(6-3)30(32)26-24-22-12-10-8-5-2/h28-29H,4-27H2,1-3H3/q+1. The largest absolute Gasteiger partial charge is 0.256 e. The van der Waals surface area contributed by atoms with E-state index in [1.54, 1.807) is 5.82 Å². The van der Waals surface area contributed by atoms with Crippen LogP contribution in [0.3, 0.4) is 0 Å². The first-order valence-corrected chi connectivity index (χ1v) is 14.9. The van der Waals surface area contributed by atoms with Crippen LogP contribution >= 0.6 is 0 Å². The van der Waals surface area contributed by atoms with Crippen LogP contribution in [0, 0.1) is 0 Å². The SMILES string of the molecule is CCCCCCCCCCCCCCCCC[n+]1ccn(CC)c1CCCCCCCC. The van der Waals surface area contributed by atoms with Gasteiger partial charge in [-0.05, 0) is 26.2 Å². The number of hydrogen-bond donors (Lipinski definition) is 0. The van der Waals surface area contributed by atoms with Crippen molar-refractivity contribution in [1.82, 2.24) is 4.57 Å². The lowest BCUT2D eigenvalue weighted by molar-refractivity contribution is -0.704. The predicted octanol–water partition coefficient (Wildman–Crippen LogP) is 9.57. The smallest absolute Gasteiger partial charge is 0.235 e. The fourth-order valence-corrected chi connectivity index (χ4v) is 4.99. The third kappa shape index (κ3) is 15.1. The van der Waals surface area contributed by atoms with E-state index in [1.807, 2.05) is 0 Å². The Morgan fingerprint density at radius 3 is 1.38 bits per heavy atom. The van der Waals surface area contributed by atoms with Gasteiger partial charge < -0.3 is 0 Å². The predicted molar refractivity (Wildman–Crippen MR) is 142 cm³/mol. The summed E-state index contributed by atoms with van der Waals surface area (Å²) in [7, 11) is 0. The highest BCUT2D eigenvalue weighted by atomic mass is 15.1. The highest BCUT2D eigenvalue weighted by Gasteiger charge is 2.15. The summed E-state index contributed by atoms with van der Waals surface area (Å²) in [5, 5.41) is 0. The number of nitrogens with zero attached hydrogens (tertiary/aromatic N) is 2. The Balaban J connectivity index is 2.00. The molecule has 0 saturated heterocycles. The van der Waals surface area contributed by atoms with Crippen molar-refractivity contribution in [2.45, 2.75) is 175 Å². The average molecular weight is 448 g/mol. The summed E-state index contributed by atoms with van der Waals surface area (Å²) in [5.74, 6) is 1.56. The number of imidazole rings is 1. The van der Waals surface area contributed by atoms with Crippen molar-refractivity contribution in [3.63, 3.8) is 0 Å². The topological polar surface area (TPSA) is 8.81 Å². The van der Waals surface area contributed by atoms with E-state index in [1.165, 1.54) is 148 Å². The molecule has 2 heteroatoms. The summed E-state index contributed by atoms with van der Waals surface area (Å²) in [4.78, 5) is 0. The molecule has 0 unspecified atom stereocenters. The second-order valence-electron chi connectivity index (χ2n) is 10.2. The molecule has 0 aliphatic heterocycles. The Kier molecular flexibility index (Phi) is 20.1. The zero-order valence-corrected chi connectivity index (χ0v) is 22.5. The second-order valence-corrected chi connectivity index (χ2v) is 10.2. The van der Waals surface area contributed by atoms with Crippen molar-refractivity contribution >= 4 is 0 Å². The molecule has 1 heterocycles. The lowest BCUT2D eigenvalue weighted by Gasteiger charge is -2.06. The first kappa shape index (κ1) is 29.2. The Hall–Kier alpha value is -0.790. The van der Waals surface area contributed by atoms with E-state index in [0.29, 0.717) is 0 Å². The van der Waals surface area contributed by atoms with Gasteiger partial charge >= 0.3 is 0 Å². The molecule has 0 amide bonds. The second kappa shape index (κ2) is 22.0. The zero-order valence-electron chi connectivity index (χ0n) is 22.5. The minimum absolute atomic E-state index is 1.11. The first-order chi connectivity index (χ1) is 15.8. The molecule has 0 aromatic carbocycles. The molecule has 0 saturated carbocycles. The van der Waals surface area contributed by atoms with E-state index in [-0.39, 0.29) is 0 Å². The van der Waals surface area contributed by atoms with Gasteiger partial charge in [-0.25, -0.2) is 9.13 Å². The van der Waals surface area contributed by atoms with Gasteiger partial charge in [-0.3, -0.25) is 0 Å². The fraction of sp³-hybridized carbons (Fsp3) is 0.900. The first-order valence-electron chi connectivity index (χ1n) is 14.9. The van der Waals surface area contributed by atoms with E-state index in [9.17, 15) is 0 Å². The van der Waals surface area contributed by atoms with Crippen LogP contribution < -0.4 is 4.57 Å². The maximum atomic E-state index is 2.55. The number of rotatable bonds is 24. The van der Waals surface area contributed by atoms with Gasteiger partial charge in [0, 0.05) is 6.42 Å². The minimum atomic E-state index is 1.11. The molecule has 32 heavy (non-hydrogen) atoms. The molecule has 0 radical (unpaired) electrons. The lowest BCUT2D eigenvalue weighted by atomic mass is 10.0. The Morgan fingerprint density at radius 1 is 0.531 bits per heavy atom. The highest BCUT2D eigenvalue weighted by Crippen LogP contribution is 2.14. The normalized spacial score (nSPS) is 11.5.